The fraction of sp³-hybridized carbons (Fsp3) is 0.778. The third-order valence-electron chi connectivity index (χ3n) is 1.40. The summed E-state index contributed by atoms with van der Waals surface area (Å²) in [5, 5.41) is 9.21. The average Bonchev–Trinajstić information content (AvgIpc) is 1.89. The van der Waals surface area contributed by atoms with E-state index in [1.54, 1.807) is 0 Å². The molecule has 58 valence electrons. The molecule has 0 fully saturated rings. The number of aliphatic hydroxyl groups excluding tert-OH is 1. The van der Waals surface area contributed by atoms with E-state index < -0.39 is 0 Å². The maximum absolute atomic E-state index is 9.21. The Kier molecular flexibility index (Phi) is 6.32. The van der Waals surface area contributed by atoms with Gasteiger partial charge in [-0.1, -0.05) is 13.3 Å². The van der Waals surface area contributed by atoms with Crippen LogP contribution in [0.15, 0.2) is 0 Å². The van der Waals surface area contributed by atoms with Gasteiger partial charge in [-0.25, -0.2) is 0 Å². The van der Waals surface area contributed by atoms with Crippen LogP contribution in [0.25, 0.3) is 0 Å². The number of aliphatic hydroxyl groups is 1. The summed E-state index contributed by atoms with van der Waals surface area (Å²) >= 11 is 0. The Morgan fingerprint density at radius 1 is 1.40 bits per heavy atom. The van der Waals surface area contributed by atoms with E-state index in [1.165, 1.54) is 0 Å². The lowest BCUT2D eigenvalue weighted by atomic mass is 10.1. The maximum Gasteiger partial charge on any atom is 0.0549 e. The normalized spacial score (nSPS) is 11.9. The molecule has 0 aliphatic rings. The van der Waals surface area contributed by atoms with Crippen LogP contribution in [-0.4, -0.2) is 11.2 Å². The van der Waals surface area contributed by atoms with Crippen molar-refractivity contribution in [1.29, 1.82) is 0 Å². The van der Waals surface area contributed by atoms with Gasteiger partial charge in [-0.15, -0.1) is 11.8 Å². The molecule has 0 rings (SSSR count). The van der Waals surface area contributed by atoms with Gasteiger partial charge < -0.3 is 5.11 Å². The van der Waals surface area contributed by atoms with Gasteiger partial charge in [-0.2, -0.15) is 0 Å². The summed E-state index contributed by atoms with van der Waals surface area (Å²) in [6, 6.07) is 0. The minimum absolute atomic E-state index is 0.133. The van der Waals surface area contributed by atoms with Gasteiger partial charge >= 0.3 is 0 Å². The van der Waals surface area contributed by atoms with E-state index >= 15 is 0 Å². The molecule has 1 nitrogen and oxygen atoms in total. The Balaban J connectivity index is 3.18. The zero-order valence-corrected chi connectivity index (χ0v) is 6.85. The first-order valence-electron chi connectivity index (χ1n) is 3.89. The van der Waals surface area contributed by atoms with Gasteiger partial charge in [-0.3, -0.25) is 0 Å². The van der Waals surface area contributed by atoms with Crippen molar-refractivity contribution in [2.45, 2.75) is 45.6 Å². The Morgan fingerprint density at radius 2 is 2.10 bits per heavy atom. The van der Waals surface area contributed by atoms with Crippen LogP contribution in [0.5, 0.6) is 0 Å². The molecule has 1 unspecified atom stereocenters. The van der Waals surface area contributed by atoms with E-state index in [1.807, 2.05) is 6.92 Å². The first-order chi connectivity index (χ1) is 4.81. The molecular weight excluding hydrogens is 124 g/mol. The summed E-state index contributed by atoms with van der Waals surface area (Å²) < 4.78 is 0. The quantitative estimate of drug-likeness (QED) is 0.592. The Labute approximate surface area is 63.5 Å². The zero-order chi connectivity index (χ0) is 7.82. The minimum Gasteiger partial charge on any atom is -0.393 e. The van der Waals surface area contributed by atoms with Crippen molar-refractivity contribution in [2.75, 3.05) is 0 Å². The summed E-state index contributed by atoms with van der Waals surface area (Å²) in [7, 11) is 0. The van der Waals surface area contributed by atoms with Crippen LogP contribution < -0.4 is 0 Å². The molecule has 0 bridgehead atoms. The van der Waals surface area contributed by atoms with E-state index in [-0.39, 0.29) is 6.10 Å². The number of hydrogen-bond acceptors (Lipinski definition) is 1. The highest BCUT2D eigenvalue weighted by Gasteiger charge is 1.98. The summed E-state index contributed by atoms with van der Waals surface area (Å²) in [5.74, 6) is 5.73. The molecule has 0 aliphatic carbocycles. The second kappa shape index (κ2) is 6.64. The van der Waals surface area contributed by atoms with E-state index in [4.69, 9.17) is 0 Å². The molecule has 0 radical (unpaired) electrons. The topological polar surface area (TPSA) is 20.2 Å². The highest BCUT2D eigenvalue weighted by Crippen LogP contribution is 2.02. The Hall–Kier alpha value is -0.480. The van der Waals surface area contributed by atoms with Crippen molar-refractivity contribution in [3.8, 4) is 11.8 Å². The van der Waals surface area contributed by atoms with Gasteiger partial charge in [0.2, 0.25) is 0 Å². The smallest absolute Gasteiger partial charge is 0.0549 e. The molecular formula is C9H16O. The second-order valence-corrected chi connectivity index (χ2v) is 2.41. The lowest BCUT2D eigenvalue weighted by Crippen LogP contribution is -2.04. The van der Waals surface area contributed by atoms with Gasteiger partial charge in [0, 0.05) is 6.42 Å². The number of rotatable bonds is 4. The van der Waals surface area contributed by atoms with Crippen molar-refractivity contribution >= 4 is 0 Å². The third kappa shape index (κ3) is 5.65. The van der Waals surface area contributed by atoms with E-state index in [2.05, 4.69) is 18.8 Å². The molecule has 0 aromatic heterocycles. The van der Waals surface area contributed by atoms with Gasteiger partial charge in [0.25, 0.3) is 0 Å². The van der Waals surface area contributed by atoms with E-state index in [9.17, 15) is 5.11 Å². The summed E-state index contributed by atoms with van der Waals surface area (Å²) in [5.41, 5.74) is 0. The first kappa shape index (κ1) is 9.52. The predicted octanol–water partition coefficient (Wildman–Crippen LogP) is 1.95. The molecule has 0 aliphatic heterocycles. The molecule has 0 amide bonds. The maximum atomic E-state index is 9.21. The first-order valence-corrected chi connectivity index (χ1v) is 3.89. The fourth-order valence-electron chi connectivity index (χ4n) is 0.841. The highest BCUT2D eigenvalue weighted by molar-refractivity contribution is 4.94. The van der Waals surface area contributed by atoms with Gasteiger partial charge in [0.05, 0.1) is 6.10 Å². The van der Waals surface area contributed by atoms with Gasteiger partial charge in [-0.05, 0) is 19.8 Å². The summed E-state index contributed by atoms with van der Waals surface area (Å²) in [6.45, 7) is 3.90. The van der Waals surface area contributed by atoms with Crippen molar-refractivity contribution in [1.82, 2.24) is 0 Å². The Morgan fingerprint density at radius 3 is 2.60 bits per heavy atom. The molecule has 10 heavy (non-hydrogen) atoms. The van der Waals surface area contributed by atoms with E-state index in [0.29, 0.717) is 0 Å². The number of hydrogen-bond donors (Lipinski definition) is 1. The summed E-state index contributed by atoms with van der Waals surface area (Å²) in [4.78, 5) is 0. The molecule has 0 aromatic carbocycles. The lowest BCUT2D eigenvalue weighted by molar-refractivity contribution is 0.155. The van der Waals surface area contributed by atoms with Crippen LogP contribution >= 0.6 is 0 Å². The molecule has 0 saturated heterocycles. The molecule has 0 heterocycles. The predicted molar refractivity (Wildman–Crippen MR) is 43.6 cm³/mol. The molecule has 1 heteroatoms. The van der Waals surface area contributed by atoms with Crippen LogP contribution in [0.4, 0.5) is 0 Å². The molecule has 1 atom stereocenters. The second-order valence-electron chi connectivity index (χ2n) is 2.41. The van der Waals surface area contributed by atoms with Crippen molar-refractivity contribution < 1.29 is 5.11 Å². The van der Waals surface area contributed by atoms with Crippen LogP contribution in [0.1, 0.15) is 39.5 Å². The third-order valence-corrected chi connectivity index (χ3v) is 1.40. The summed E-state index contributed by atoms with van der Waals surface area (Å²) in [6.07, 6.45) is 3.49. The van der Waals surface area contributed by atoms with Gasteiger partial charge in [0.1, 0.15) is 0 Å². The average molecular weight is 140 g/mol. The van der Waals surface area contributed by atoms with Crippen molar-refractivity contribution in [2.24, 2.45) is 0 Å². The van der Waals surface area contributed by atoms with Crippen LogP contribution in [0, 0.1) is 11.8 Å². The largest absolute Gasteiger partial charge is 0.393 e. The fourth-order valence-corrected chi connectivity index (χ4v) is 0.841. The van der Waals surface area contributed by atoms with Crippen LogP contribution in [0.3, 0.4) is 0 Å². The van der Waals surface area contributed by atoms with Crippen LogP contribution in [0.2, 0.25) is 0 Å². The molecule has 0 saturated carbocycles. The highest BCUT2D eigenvalue weighted by atomic mass is 16.3. The molecule has 0 spiro atoms. The van der Waals surface area contributed by atoms with Crippen LogP contribution in [-0.2, 0) is 0 Å². The van der Waals surface area contributed by atoms with Crippen molar-refractivity contribution in [3.63, 3.8) is 0 Å². The SMILES string of the molecule is CC#CCCC(O)CCC. The molecule has 0 aromatic rings. The van der Waals surface area contributed by atoms with E-state index in [0.717, 1.165) is 25.7 Å². The monoisotopic (exact) mass is 140 g/mol. The standard InChI is InChI=1S/C9H16O/c1-3-5-6-8-9(10)7-4-2/h9-10H,4,6-8H2,1-2H3. The Bertz CT molecular complexity index is 118. The lowest BCUT2D eigenvalue weighted by Gasteiger charge is -2.04. The van der Waals surface area contributed by atoms with Gasteiger partial charge in [0.15, 0.2) is 0 Å². The minimum atomic E-state index is -0.133. The van der Waals surface area contributed by atoms with Crippen molar-refractivity contribution in [3.05, 3.63) is 0 Å². The zero-order valence-electron chi connectivity index (χ0n) is 6.85. The molecule has 1 N–H and O–H groups in total.